The number of phenolic OH excluding ortho intramolecular Hbond substituents is 1. The van der Waals surface area contributed by atoms with Crippen LogP contribution in [0.25, 0.3) is 21.0 Å². The van der Waals surface area contributed by atoms with E-state index >= 15 is 0 Å². The van der Waals surface area contributed by atoms with Gasteiger partial charge in [0.1, 0.15) is 11.9 Å². The Kier molecular flexibility index (Phi) is 9.16. The Hall–Kier alpha value is -4.35. The molecule has 0 radical (unpaired) electrons. The average molecular weight is 773 g/mol. The van der Waals surface area contributed by atoms with Crippen LogP contribution in [0.4, 0.5) is 5.69 Å². The number of unbranched alkanes of at least 4 members (excludes halogenated alkanes) is 1. The molecule has 4 fully saturated rings. The number of aromatic nitrogens is 1. The van der Waals surface area contributed by atoms with Gasteiger partial charge in [-0.05, 0) is 135 Å². The van der Waals surface area contributed by atoms with Gasteiger partial charge in [-0.15, -0.1) is 11.3 Å². The van der Waals surface area contributed by atoms with E-state index in [9.17, 15) is 15.0 Å². The Balaban J connectivity index is 0.000000140. The molecule has 5 heterocycles. The van der Waals surface area contributed by atoms with Gasteiger partial charge in [0.05, 0.1) is 23.1 Å². The fourth-order valence-corrected chi connectivity index (χ4v) is 11.5. The third kappa shape index (κ3) is 6.11. The molecule has 5 aromatic rings. The first-order valence-corrected chi connectivity index (χ1v) is 21.5. The summed E-state index contributed by atoms with van der Waals surface area (Å²) in [5.74, 6) is 2.45. The predicted octanol–water partition coefficient (Wildman–Crippen LogP) is 7.24. The molecular formula is C46H52N4O5S. The molecule has 0 amide bonds. The normalized spacial score (nSPS) is 26.8. The van der Waals surface area contributed by atoms with E-state index in [0.29, 0.717) is 12.4 Å². The summed E-state index contributed by atoms with van der Waals surface area (Å²) in [7, 11) is 0. The van der Waals surface area contributed by atoms with Crippen LogP contribution in [0.1, 0.15) is 56.1 Å². The smallest absolute Gasteiger partial charge is 0.248 e. The number of nitrogens with one attached hydrogen (secondary N) is 1. The monoisotopic (exact) mass is 772 g/mol. The highest BCUT2D eigenvalue weighted by Crippen LogP contribution is 2.66. The van der Waals surface area contributed by atoms with Crippen molar-refractivity contribution in [3.8, 4) is 17.2 Å². The van der Waals surface area contributed by atoms with Crippen molar-refractivity contribution in [2.24, 2.45) is 5.92 Å². The number of thiophene rings is 1. The number of anilines is 1. The highest BCUT2D eigenvalue weighted by Gasteiger charge is 2.71. The number of H-pyrrole nitrogens is 1. The Bertz CT molecular complexity index is 2350. The molecule has 1 spiro atoms. The van der Waals surface area contributed by atoms with E-state index in [1.165, 1.54) is 34.2 Å². The van der Waals surface area contributed by atoms with Crippen LogP contribution < -0.4 is 19.9 Å². The quantitative estimate of drug-likeness (QED) is 0.107. The molecule has 56 heavy (non-hydrogen) atoms. The number of phenols is 1. The number of pyridine rings is 1. The number of likely N-dealkylation sites (tertiary alicyclic amines) is 1. The average Bonchev–Trinajstić information content (AvgIpc) is 3.75. The second kappa shape index (κ2) is 14.2. The number of piperazine rings is 1. The maximum atomic E-state index is 12.1. The van der Waals surface area contributed by atoms with Gasteiger partial charge in [-0.1, -0.05) is 18.7 Å². The van der Waals surface area contributed by atoms with E-state index in [1.54, 1.807) is 12.1 Å². The zero-order chi connectivity index (χ0) is 38.0. The minimum absolute atomic E-state index is 0.0863. The van der Waals surface area contributed by atoms with Gasteiger partial charge in [0.2, 0.25) is 5.56 Å². The lowest BCUT2D eigenvalue weighted by Crippen LogP contribution is -2.75. The van der Waals surface area contributed by atoms with Crippen LogP contribution in [0.15, 0.2) is 89.1 Å². The number of benzene rings is 3. The van der Waals surface area contributed by atoms with E-state index in [1.807, 2.05) is 41.7 Å². The standard InChI is InChI=1S/C25H27N3O2S.C21H25NO3/c29-25-9-7-19-6-8-20(18-22(19)26-25)30-16-2-1-11-27-12-14-28(15-13-27)23-4-3-5-24-21(23)10-17-31-24;1-12-6-7-21(24)16-10-14-4-5-15(23)18-17(14)20(21,19(12)25-18)8-9-22(16)11-13-2-3-13/h3-10,17-18H,1-2,11-16H2,(H,26,29);4-5,13,16,19,23-24H,1-3,6-11H2/t;16-,19+,20+,21-/m.1/s1. The van der Waals surface area contributed by atoms with Crippen molar-refractivity contribution in [3.05, 3.63) is 106 Å². The second-order valence-electron chi connectivity index (χ2n) is 17.0. The molecule has 3 aromatic carbocycles. The lowest BCUT2D eigenvalue weighted by Gasteiger charge is -2.63. The number of rotatable bonds is 9. The fourth-order valence-electron chi connectivity index (χ4n) is 10.7. The summed E-state index contributed by atoms with van der Waals surface area (Å²) >= 11 is 1.82. The number of aromatic hydroxyl groups is 1. The number of piperidine rings is 1. The van der Waals surface area contributed by atoms with Gasteiger partial charge in [0.25, 0.3) is 0 Å². The number of hydrogen-bond donors (Lipinski definition) is 3. The summed E-state index contributed by atoms with van der Waals surface area (Å²) in [6.07, 6.45) is 7.94. The van der Waals surface area contributed by atoms with E-state index in [0.717, 1.165) is 118 Å². The van der Waals surface area contributed by atoms with Gasteiger partial charge < -0.3 is 29.6 Å². The minimum Gasteiger partial charge on any atom is -0.504 e. The third-order valence-electron chi connectivity index (χ3n) is 13.7. The molecule has 292 valence electrons. The van der Waals surface area contributed by atoms with Crippen LogP contribution >= 0.6 is 11.3 Å². The lowest BCUT2D eigenvalue weighted by molar-refractivity contribution is -0.174. The molecule has 2 aromatic heterocycles. The highest BCUT2D eigenvalue weighted by atomic mass is 32.1. The summed E-state index contributed by atoms with van der Waals surface area (Å²) in [6.45, 7) is 12.6. The van der Waals surface area contributed by atoms with Crippen LogP contribution in [-0.2, 0) is 11.8 Å². The summed E-state index contributed by atoms with van der Waals surface area (Å²) in [6, 6.07) is 22.1. The summed E-state index contributed by atoms with van der Waals surface area (Å²) < 4.78 is 13.6. The molecule has 4 atom stereocenters. The predicted molar refractivity (Wildman–Crippen MR) is 224 cm³/mol. The van der Waals surface area contributed by atoms with Crippen molar-refractivity contribution in [1.29, 1.82) is 0 Å². The molecule has 3 N–H and O–H groups in total. The molecule has 10 heteroatoms. The number of aliphatic hydroxyl groups is 1. The first kappa shape index (κ1) is 36.0. The Morgan fingerprint density at radius 3 is 2.70 bits per heavy atom. The number of nitrogens with zero attached hydrogens (tertiary/aromatic N) is 3. The van der Waals surface area contributed by atoms with Crippen LogP contribution in [0, 0.1) is 5.92 Å². The highest BCUT2D eigenvalue weighted by molar-refractivity contribution is 7.17. The van der Waals surface area contributed by atoms with Crippen LogP contribution in [0.2, 0.25) is 0 Å². The van der Waals surface area contributed by atoms with Crippen molar-refractivity contribution < 1.29 is 19.7 Å². The molecule has 6 aliphatic rings. The van der Waals surface area contributed by atoms with Crippen LogP contribution in [0.3, 0.4) is 0 Å². The zero-order valence-corrected chi connectivity index (χ0v) is 32.9. The van der Waals surface area contributed by atoms with Crippen molar-refractivity contribution in [3.63, 3.8) is 0 Å². The summed E-state index contributed by atoms with van der Waals surface area (Å²) in [5, 5.41) is 27.1. The van der Waals surface area contributed by atoms with Gasteiger partial charge in [0, 0.05) is 72.2 Å². The number of aromatic amines is 1. The molecular weight excluding hydrogens is 721 g/mol. The SMILES string of the molecule is C=C1CC[C@@]2(O)[C@H]3Cc4ccc(O)c5c4[C@@]2(CCN3CC2CC2)[C@H]1O5.O=c1ccc2ccc(OCCCCN3CCN(c4cccc5sccc45)CC3)cc2[nH]1. The molecule has 3 aliphatic carbocycles. The molecule has 2 bridgehead atoms. The van der Waals surface area contributed by atoms with Gasteiger partial charge in [-0.2, -0.15) is 0 Å². The maximum Gasteiger partial charge on any atom is 0.248 e. The molecule has 9 nitrogen and oxygen atoms in total. The van der Waals surface area contributed by atoms with Gasteiger partial charge in [-0.3, -0.25) is 14.6 Å². The van der Waals surface area contributed by atoms with E-state index in [2.05, 4.69) is 55.9 Å². The second-order valence-corrected chi connectivity index (χ2v) is 17.9. The molecule has 0 unspecified atom stereocenters. The zero-order valence-electron chi connectivity index (χ0n) is 32.1. The first-order valence-electron chi connectivity index (χ1n) is 20.7. The number of hydrogen-bond acceptors (Lipinski definition) is 9. The van der Waals surface area contributed by atoms with Crippen LogP contribution in [0.5, 0.6) is 17.2 Å². The van der Waals surface area contributed by atoms with Crippen molar-refractivity contribution in [1.82, 2.24) is 14.8 Å². The number of fused-ring (bicyclic) bond motifs is 2. The van der Waals surface area contributed by atoms with Crippen molar-refractivity contribution in [2.75, 3.05) is 57.3 Å². The van der Waals surface area contributed by atoms with E-state index < -0.39 is 11.0 Å². The van der Waals surface area contributed by atoms with Crippen molar-refractivity contribution in [2.45, 2.75) is 74.5 Å². The Morgan fingerprint density at radius 2 is 1.84 bits per heavy atom. The van der Waals surface area contributed by atoms with E-state index in [4.69, 9.17) is 9.47 Å². The molecule has 2 saturated heterocycles. The van der Waals surface area contributed by atoms with Gasteiger partial charge >= 0.3 is 0 Å². The largest absolute Gasteiger partial charge is 0.504 e. The molecule has 11 rings (SSSR count). The summed E-state index contributed by atoms with van der Waals surface area (Å²) in [5.41, 5.74) is 4.32. The Morgan fingerprint density at radius 1 is 0.982 bits per heavy atom. The van der Waals surface area contributed by atoms with Gasteiger partial charge in [0.15, 0.2) is 11.5 Å². The number of ether oxygens (including phenoxy) is 2. The molecule has 3 aliphatic heterocycles. The molecule has 2 saturated carbocycles. The lowest BCUT2D eigenvalue weighted by atomic mass is 9.48. The first-order chi connectivity index (χ1) is 27.3. The maximum absolute atomic E-state index is 12.1. The van der Waals surface area contributed by atoms with Crippen molar-refractivity contribution >= 4 is 38.0 Å². The Labute approximate surface area is 332 Å². The van der Waals surface area contributed by atoms with Gasteiger partial charge in [-0.25, -0.2) is 0 Å². The summed E-state index contributed by atoms with van der Waals surface area (Å²) in [4.78, 5) is 22.0. The fraction of sp³-hybridized carbons (Fsp3) is 0.457. The van der Waals surface area contributed by atoms with Crippen LogP contribution in [-0.4, -0.2) is 95.2 Å². The minimum atomic E-state index is -0.780. The third-order valence-corrected chi connectivity index (χ3v) is 14.6. The van der Waals surface area contributed by atoms with E-state index in [-0.39, 0.29) is 23.5 Å². The topological polar surface area (TPSA) is 102 Å².